The highest BCUT2D eigenvalue weighted by molar-refractivity contribution is 5.07. The molecule has 0 nitrogen and oxygen atoms in total. The van der Waals surface area contributed by atoms with E-state index in [4.69, 9.17) is 0 Å². The van der Waals surface area contributed by atoms with E-state index in [-0.39, 0.29) is 0 Å². The average molecular weight is 218 g/mol. The van der Waals surface area contributed by atoms with Crippen LogP contribution in [0, 0.1) is 23.7 Å². The van der Waals surface area contributed by atoms with Crippen molar-refractivity contribution in [3.05, 3.63) is 11.6 Å². The minimum atomic E-state index is 0.567. The van der Waals surface area contributed by atoms with Gasteiger partial charge >= 0.3 is 0 Å². The van der Waals surface area contributed by atoms with Crippen molar-refractivity contribution >= 4 is 0 Å². The van der Waals surface area contributed by atoms with Crippen LogP contribution in [0.1, 0.15) is 65.7 Å². The topological polar surface area (TPSA) is 0 Å². The molecule has 16 heavy (non-hydrogen) atoms. The summed E-state index contributed by atoms with van der Waals surface area (Å²) in [5, 5.41) is 0. The standard InChI is InChI=1S/C16H26/c1-14(2)8-7-9-15(3)12-13-16-10-5-4-6-11-16/h8,15-16H,4-7,9-11H2,1-3H3. The molecule has 0 aliphatic heterocycles. The summed E-state index contributed by atoms with van der Waals surface area (Å²) in [5.41, 5.74) is 1.42. The molecule has 1 unspecified atom stereocenters. The van der Waals surface area contributed by atoms with Crippen molar-refractivity contribution in [3.8, 4) is 11.8 Å². The molecule has 0 N–H and O–H groups in total. The van der Waals surface area contributed by atoms with Crippen molar-refractivity contribution in [2.45, 2.75) is 65.7 Å². The maximum atomic E-state index is 3.49. The normalized spacial score (nSPS) is 18.4. The van der Waals surface area contributed by atoms with Gasteiger partial charge in [0.05, 0.1) is 0 Å². The Bertz CT molecular complexity index is 264. The highest BCUT2D eigenvalue weighted by Gasteiger charge is 2.10. The molecule has 0 spiro atoms. The summed E-state index contributed by atoms with van der Waals surface area (Å²) in [5.74, 6) is 8.21. The predicted molar refractivity (Wildman–Crippen MR) is 72.2 cm³/mol. The molecule has 0 saturated heterocycles. The third-order valence-electron chi connectivity index (χ3n) is 3.29. The lowest BCUT2D eigenvalue weighted by atomic mass is 9.89. The van der Waals surface area contributed by atoms with Gasteiger partial charge in [0.15, 0.2) is 0 Å². The van der Waals surface area contributed by atoms with Crippen molar-refractivity contribution in [1.29, 1.82) is 0 Å². The molecule has 1 fully saturated rings. The van der Waals surface area contributed by atoms with E-state index in [1.54, 1.807) is 0 Å². The maximum absolute atomic E-state index is 3.49. The van der Waals surface area contributed by atoms with Crippen LogP contribution in [-0.4, -0.2) is 0 Å². The number of hydrogen-bond acceptors (Lipinski definition) is 0. The van der Waals surface area contributed by atoms with Gasteiger partial charge in [-0.25, -0.2) is 0 Å². The van der Waals surface area contributed by atoms with Gasteiger partial charge in [-0.05, 0) is 39.5 Å². The van der Waals surface area contributed by atoms with Crippen LogP contribution in [-0.2, 0) is 0 Å². The fraction of sp³-hybridized carbons (Fsp3) is 0.750. The first-order valence-electron chi connectivity index (χ1n) is 6.83. The molecule has 0 heterocycles. The fourth-order valence-electron chi connectivity index (χ4n) is 2.20. The van der Waals surface area contributed by atoms with Gasteiger partial charge in [0, 0.05) is 11.8 Å². The fourth-order valence-corrected chi connectivity index (χ4v) is 2.20. The zero-order valence-electron chi connectivity index (χ0n) is 11.2. The van der Waals surface area contributed by atoms with Crippen LogP contribution in [0.4, 0.5) is 0 Å². The largest absolute Gasteiger partial charge is 0.0999 e. The predicted octanol–water partition coefficient (Wildman–Crippen LogP) is 4.95. The zero-order chi connectivity index (χ0) is 11.8. The van der Waals surface area contributed by atoms with Crippen molar-refractivity contribution in [1.82, 2.24) is 0 Å². The lowest BCUT2D eigenvalue weighted by Gasteiger charge is -2.15. The Kier molecular flexibility index (Phi) is 6.31. The quantitative estimate of drug-likeness (QED) is 0.464. The lowest BCUT2D eigenvalue weighted by molar-refractivity contribution is 0.429. The van der Waals surface area contributed by atoms with Crippen molar-refractivity contribution in [3.63, 3.8) is 0 Å². The molecule has 0 heteroatoms. The second-order valence-electron chi connectivity index (χ2n) is 5.38. The van der Waals surface area contributed by atoms with Crippen LogP contribution < -0.4 is 0 Å². The van der Waals surface area contributed by atoms with E-state index in [9.17, 15) is 0 Å². The van der Waals surface area contributed by atoms with E-state index >= 15 is 0 Å². The highest BCUT2D eigenvalue weighted by Crippen LogP contribution is 2.22. The summed E-state index contributed by atoms with van der Waals surface area (Å²) < 4.78 is 0. The first-order valence-corrected chi connectivity index (χ1v) is 6.83. The number of rotatable bonds is 3. The van der Waals surface area contributed by atoms with E-state index in [0.717, 1.165) is 0 Å². The molecule has 0 aromatic heterocycles. The summed E-state index contributed by atoms with van der Waals surface area (Å²) in [6.07, 6.45) is 11.6. The van der Waals surface area contributed by atoms with Gasteiger partial charge in [-0.1, -0.05) is 49.7 Å². The lowest BCUT2D eigenvalue weighted by Crippen LogP contribution is -2.03. The van der Waals surface area contributed by atoms with Crippen LogP contribution in [0.2, 0.25) is 0 Å². The van der Waals surface area contributed by atoms with Crippen molar-refractivity contribution in [2.24, 2.45) is 11.8 Å². The Morgan fingerprint density at radius 1 is 1.25 bits per heavy atom. The summed E-state index contributed by atoms with van der Waals surface area (Å²) in [7, 11) is 0. The third kappa shape index (κ3) is 6.01. The second kappa shape index (κ2) is 7.55. The van der Waals surface area contributed by atoms with Gasteiger partial charge in [0.2, 0.25) is 0 Å². The second-order valence-corrected chi connectivity index (χ2v) is 5.38. The van der Waals surface area contributed by atoms with Crippen LogP contribution in [0.3, 0.4) is 0 Å². The Balaban J connectivity index is 2.24. The van der Waals surface area contributed by atoms with Gasteiger partial charge in [0.25, 0.3) is 0 Å². The van der Waals surface area contributed by atoms with Crippen LogP contribution >= 0.6 is 0 Å². The first kappa shape index (κ1) is 13.4. The molecular formula is C16H26. The van der Waals surface area contributed by atoms with Crippen LogP contribution in [0.15, 0.2) is 11.6 Å². The molecule has 0 amide bonds. The van der Waals surface area contributed by atoms with Crippen LogP contribution in [0.5, 0.6) is 0 Å². The monoisotopic (exact) mass is 218 g/mol. The Labute approximate surface area is 102 Å². The smallest absolute Gasteiger partial charge is 0.0203 e. The summed E-state index contributed by atoms with van der Waals surface area (Å²) in [4.78, 5) is 0. The molecule has 0 aromatic rings. The average Bonchev–Trinajstić information content (AvgIpc) is 2.27. The summed E-state index contributed by atoms with van der Waals surface area (Å²) >= 11 is 0. The molecule has 0 radical (unpaired) electrons. The van der Waals surface area contributed by atoms with E-state index in [1.165, 1.54) is 50.5 Å². The molecule has 1 atom stereocenters. The molecule has 0 bridgehead atoms. The van der Waals surface area contributed by atoms with Gasteiger partial charge in [-0.3, -0.25) is 0 Å². The SMILES string of the molecule is CC(C)=CCCC(C)C#CC1CCCCC1. The van der Waals surface area contributed by atoms with E-state index < -0.39 is 0 Å². The minimum Gasteiger partial charge on any atom is -0.0999 e. The molecule has 1 rings (SSSR count). The summed E-state index contributed by atoms with van der Waals surface area (Å²) in [6.45, 7) is 6.59. The molecule has 1 saturated carbocycles. The minimum absolute atomic E-state index is 0.567. The Morgan fingerprint density at radius 2 is 1.94 bits per heavy atom. The zero-order valence-corrected chi connectivity index (χ0v) is 11.2. The Hall–Kier alpha value is -0.700. The van der Waals surface area contributed by atoms with Gasteiger partial charge in [0.1, 0.15) is 0 Å². The third-order valence-corrected chi connectivity index (χ3v) is 3.29. The van der Waals surface area contributed by atoms with E-state index in [1.807, 2.05) is 0 Å². The summed E-state index contributed by atoms with van der Waals surface area (Å²) in [6, 6.07) is 0. The molecule has 1 aliphatic rings. The van der Waals surface area contributed by atoms with E-state index in [2.05, 4.69) is 38.7 Å². The molecule has 1 aliphatic carbocycles. The molecular weight excluding hydrogens is 192 g/mol. The van der Waals surface area contributed by atoms with Gasteiger partial charge in [-0.15, -0.1) is 0 Å². The first-order chi connectivity index (χ1) is 7.68. The maximum Gasteiger partial charge on any atom is 0.0203 e. The van der Waals surface area contributed by atoms with Gasteiger partial charge in [-0.2, -0.15) is 0 Å². The molecule has 90 valence electrons. The number of hydrogen-bond donors (Lipinski definition) is 0. The van der Waals surface area contributed by atoms with Crippen LogP contribution in [0.25, 0.3) is 0 Å². The van der Waals surface area contributed by atoms with Crippen molar-refractivity contribution < 1.29 is 0 Å². The van der Waals surface area contributed by atoms with E-state index in [0.29, 0.717) is 11.8 Å². The molecule has 0 aromatic carbocycles. The Morgan fingerprint density at radius 3 is 2.56 bits per heavy atom. The highest BCUT2D eigenvalue weighted by atomic mass is 14.1. The van der Waals surface area contributed by atoms with Crippen molar-refractivity contribution in [2.75, 3.05) is 0 Å². The number of allylic oxidation sites excluding steroid dienone is 2. The van der Waals surface area contributed by atoms with Gasteiger partial charge < -0.3 is 0 Å².